The van der Waals surface area contributed by atoms with E-state index in [1.807, 2.05) is 0 Å². The van der Waals surface area contributed by atoms with Gasteiger partial charge in [0.2, 0.25) is 5.91 Å². The maximum Gasteiger partial charge on any atom is 0.256 e. The minimum Gasteiger partial charge on any atom is -0.355 e. The van der Waals surface area contributed by atoms with Gasteiger partial charge in [0.25, 0.3) is 5.91 Å². The molecule has 1 aromatic rings. The minimum atomic E-state index is -0.641. The lowest BCUT2D eigenvalue weighted by Gasteiger charge is -2.32. The first-order valence-corrected chi connectivity index (χ1v) is 7.00. The smallest absolute Gasteiger partial charge is 0.256 e. The molecule has 1 fully saturated rings. The van der Waals surface area contributed by atoms with E-state index in [9.17, 15) is 14.0 Å². The number of likely N-dealkylation sites (tertiary alicyclic amines) is 1. The molecule has 2 heterocycles. The number of carbonyl (C=O) groups is 2. The molecule has 1 atom stereocenters. The van der Waals surface area contributed by atoms with E-state index in [0.717, 1.165) is 19.0 Å². The number of hydrogen-bond donors (Lipinski definition) is 2. The summed E-state index contributed by atoms with van der Waals surface area (Å²) in [6.45, 7) is 1.63. The van der Waals surface area contributed by atoms with Crippen LogP contribution in [-0.4, -0.2) is 47.9 Å². The lowest BCUT2D eigenvalue weighted by Crippen LogP contribution is -2.46. The van der Waals surface area contributed by atoms with Crippen molar-refractivity contribution >= 4 is 36.6 Å². The van der Waals surface area contributed by atoms with E-state index in [1.54, 1.807) is 0 Å². The Balaban J connectivity index is 0.00000242. The summed E-state index contributed by atoms with van der Waals surface area (Å²) >= 11 is 0. The third kappa shape index (κ3) is 5.60. The van der Waals surface area contributed by atoms with Crippen molar-refractivity contribution in [3.63, 3.8) is 0 Å². The van der Waals surface area contributed by atoms with E-state index >= 15 is 0 Å². The first-order chi connectivity index (χ1) is 10.1. The fourth-order valence-corrected chi connectivity index (χ4v) is 2.43. The van der Waals surface area contributed by atoms with Gasteiger partial charge in [-0.2, -0.15) is 0 Å². The van der Waals surface area contributed by atoms with E-state index in [0.29, 0.717) is 26.2 Å². The molecule has 0 spiro atoms. The van der Waals surface area contributed by atoms with Gasteiger partial charge in [0, 0.05) is 32.4 Å². The zero-order chi connectivity index (χ0) is 15.2. The van der Waals surface area contributed by atoms with Crippen LogP contribution in [0.15, 0.2) is 18.5 Å². The lowest BCUT2D eigenvalue weighted by molar-refractivity contribution is -0.126. The molecule has 1 aliphatic heterocycles. The summed E-state index contributed by atoms with van der Waals surface area (Å²) in [6, 6.07) is 1.36. The number of hydrogen-bond acceptors (Lipinski definition) is 4. The number of nitrogens with two attached hydrogens (primary N) is 1. The topological polar surface area (TPSA) is 88.3 Å². The molecule has 3 N–H and O–H groups in total. The van der Waals surface area contributed by atoms with Gasteiger partial charge in [0.05, 0.1) is 17.7 Å². The highest BCUT2D eigenvalue weighted by molar-refractivity contribution is 5.94. The van der Waals surface area contributed by atoms with Crippen LogP contribution in [-0.2, 0) is 4.79 Å². The molecule has 9 heteroatoms. The molecule has 0 saturated carbocycles. The fraction of sp³-hybridized carbons (Fsp3) is 0.500. The number of pyridine rings is 1. The molecular formula is C14H21Cl2FN4O2. The zero-order valence-corrected chi connectivity index (χ0v) is 14.2. The molecule has 2 amide bonds. The molecule has 1 unspecified atom stereocenters. The molecule has 0 aromatic carbocycles. The highest BCUT2D eigenvalue weighted by atomic mass is 35.5. The summed E-state index contributed by atoms with van der Waals surface area (Å²) in [5.41, 5.74) is 5.34. The summed E-state index contributed by atoms with van der Waals surface area (Å²) in [5, 5.41) is 2.73. The van der Waals surface area contributed by atoms with Gasteiger partial charge in [0.1, 0.15) is 0 Å². The van der Waals surface area contributed by atoms with Crippen LogP contribution in [0.25, 0.3) is 0 Å². The monoisotopic (exact) mass is 366 g/mol. The van der Waals surface area contributed by atoms with Gasteiger partial charge in [-0.1, -0.05) is 0 Å². The summed E-state index contributed by atoms with van der Waals surface area (Å²) in [5.74, 6) is -1.41. The van der Waals surface area contributed by atoms with Crippen molar-refractivity contribution in [1.82, 2.24) is 15.2 Å². The summed E-state index contributed by atoms with van der Waals surface area (Å²) in [7, 11) is 0. The highest BCUT2D eigenvalue weighted by Crippen LogP contribution is 2.19. The molecule has 1 aliphatic rings. The van der Waals surface area contributed by atoms with E-state index < -0.39 is 11.7 Å². The summed E-state index contributed by atoms with van der Waals surface area (Å²) in [4.78, 5) is 29.4. The molecule has 1 saturated heterocycles. The van der Waals surface area contributed by atoms with Crippen LogP contribution in [0.5, 0.6) is 0 Å². The Labute approximate surface area is 146 Å². The van der Waals surface area contributed by atoms with Crippen LogP contribution in [0.2, 0.25) is 0 Å². The molecule has 0 bridgehead atoms. The second kappa shape index (κ2) is 10.4. The van der Waals surface area contributed by atoms with Gasteiger partial charge in [-0.15, -0.1) is 24.8 Å². The number of carbonyl (C=O) groups excluding carboxylic acids is 2. The average Bonchev–Trinajstić information content (AvgIpc) is 2.52. The fourth-order valence-electron chi connectivity index (χ4n) is 2.43. The Morgan fingerprint density at radius 2 is 2.17 bits per heavy atom. The zero-order valence-electron chi connectivity index (χ0n) is 12.5. The van der Waals surface area contributed by atoms with Crippen molar-refractivity contribution in [2.24, 2.45) is 11.7 Å². The number of aromatic nitrogens is 1. The van der Waals surface area contributed by atoms with Crippen LogP contribution in [0.3, 0.4) is 0 Å². The molecule has 0 aliphatic carbocycles. The van der Waals surface area contributed by atoms with Crippen molar-refractivity contribution in [1.29, 1.82) is 0 Å². The number of nitrogens with one attached hydrogen (secondary N) is 1. The van der Waals surface area contributed by atoms with E-state index in [-0.39, 0.29) is 42.2 Å². The lowest BCUT2D eigenvalue weighted by atomic mass is 9.96. The van der Waals surface area contributed by atoms with Crippen LogP contribution < -0.4 is 11.1 Å². The molecule has 0 radical (unpaired) electrons. The van der Waals surface area contributed by atoms with Crippen LogP contribution in [0.1, 0.15) is 23.2 Å². The quantitative estimate of drug-likeness (QED) is 0.831. The van der Waals surface area contributed by atoms with Crippen molar-refractivity contribution in [3.8, 4) is 0 Å². The van der Waals surface area contributed by atoms with Gasteiger partial charge < -0.3 is 16.0 Å². The normalized spacial score (nSPS) is 16.8. The second-order valence-corrected chi connectivity index (χ2v) is 5.03. The van der Waals surface area contributed by atoms with Gasteiger partial charge in [0.15, 0.2) is 5.82 Å². The SMILES string of the molecule is Cl.Cl.NCCNC(=O)C1CCCN(C(=O)c2ccncc2F)C1. The number of rotatable bonds is 4. The molecule has 2 rings (SSSR count). The van der Waals surface area contributed by atoms with Gasteiger partial charge >= 0.3 is 0 Å². The minimum absolute atomic E-state index is 0. The van der Waals surface area contributed by atoms with Crippen LogP contribution in [0.4, 0.5) is 4.39 Å². The van der Waals surface area contributed by atoms with Crippen molar-refractivity contribution in [3.05, 3.63) is 29.8 Å². The van der Waals surface area contributed by atoms with Gasteiger partial charge in [-0.25, -0.2) is 4.39 Å². The predicted octanol–water partition coefficient (Wildman–Crippen LogP) is 0.991. The van der Waals surface area contributed by atoms with Crippen molar-refractivity contribution in [2.45, 2.75) is 12.8 Å². The molecule has 23 heavy (non-hydrogen) atoms. The summed E-state index contributed by atoms with van der Waals surface area (Å²) in [6.07, 6.45) is 3.84. The first-order valence-electron chi connectivity index (χ1n) is 7.00. The largest absolute Gasteiger partial charge is 0.355 e. The second-order valence-electron chi connectivity index (χ2n) is 5.03. The standard InChI is InChI=1S/C14H19FN4O2.2ClH/c15-12-8-17-5-3-11(12)14(21)19-7-1-2-10(9-19)13(20)18-6-4-16;;/h3,5,8,10H,1-2,4,6-7,9,16H2,(H,18,20);2*1H. The number of piperidine rings is 1. The van der Waals surface area contributed by atoms with Crippen LogP contribution >= 0.6 is 24.8 Å². The highest BCUT2D eigenvalue weighted by Gasteiger charge is 2.29. The Morgan fingerprint density at radius 1 is 1.43 bits per heavy atom. The number of halogens is 3. The van der Waals surface area contributed by atoms with E-state index in [1.165, 1.54) is 17.2 Å². The Morgan fingerprint density at radius 3 is 2.83 bits per heavy atom. The third-order valence-corrected chi connectivity index (χ3v) is 3.53. The average molecular weight is 367 g/mol. The number of amides is 2. The Hall–Kier alpha value is -1.44. The number of nitrogens with zero attached hydrogens (tertiary/aromatic N) is 2. The maximum absolute atomic E-state index is 13.6. The van der Waals surface area contributed by atoms with Gasteiger partial charge in [-0.3, -0.25) is 14.6 Å². The van der Waals surface area contributed by atoms with E-state index in [4.69, 9.17) is 5.73 Å². The molecular weight excluding hydrogens is 346 g/mol. The van der Waals surface area contributed by atoms with Crippen LogP contribution in [0, 0.1) is 11.7 Å². The molecule has 1 aromatic heterocycles. The Bertz CT molecular complexity index is 533. The van der Waals surface area contributed by atoms with Gasteiger partial charge in [-0.05, 0) is 18.9 Å². The molecule has 6 nitrogen and oxygen atoms in total. The van der Waals surface area contributed by atoms with Crippen molar-refractivity contribution in [2.75, 3.05) is 26.2 Å². The predicted molar refractivity (Wildman–Crippen MR) is 89.4 cm³/mol. The summed E-state index contributed by atoms with van der Waals surface area (Å²) < 4.78 is 13.6. The van der Waals surface area contributed by atoms with E-state index in [2.05, 4.69) is 10.3 Å². The molecule has 130 valence electrons. The third-order valence-electron chi connectivity index (χ3n) is 3.53. The maximum atomic E-state index is 13.6. The first kappa shape index (κ1) is 21.6. The Kier molecular flexibility index (Phi) is 9.71. The van der Waals surface area contributed by atoms with Crippen molar-refractivity contribution < 1.29 is 14.0 Å².